The number of aromatic nitrogens is 3. The number of piperidine rings is 1. The Kier molecular flexibility index (Phi) is 7.48. The van der Waals surface area contributed by atoms with Crippen LogP contribution in [0.4, 0.5) is 0 Å². The summed E-state index contributed by atoms with van der Waals surface area (Å²) in [5, 5.41) is 6.96. The van der Waals surface area contributed by atoms with Crippen LogP contribution in [0.5, 0.6) is 0 Å². The van der Waals surface area contributed by atoms with Crippen molar-refractivity contribution in [3.8, 4) is 5.69 Å². The van der Waals surface area contributed by atoms with Crippen LogP contribution in [0.1, 0.15) is 76.1 Å². The van der Waals surface area contributed by atoms with Gasteiger partial charge in [0.15, 0.2) is 0 Å². The van der Waals surface area contributed by atoms with Crippen molar-refractivity contribution in [1.82, 2.24) is 19.7 Å². The number of likely N-dealkylation sites (tertiary alicyclic amines) is 1. The van der Waals surface area contributed by atoms with Crippen LogP contribution < -0.4 is 5.69 Å². The second-order valence-electron chi connectivity index (χ2n) is 9.90. The lowest BCUT2D eigenvalue weighted by atomic mass is 9.79. The maximum absolute atomic E-state index is 13.1. The van der Waals surface area contributed by atoms with Crippen molar-refractivity contribution in [1.29, 1.82) is 0 Å². The highest BCUT2D eigenvalue weighted by atomic mass is 16.2. The number of benzene rings is 1. The van der Waals surface area contributed by atoms with E-state index >= 15 is 0 Å². The third-order valence-electron chi connectivity index (χ3n) is 7.66. The van der Waals surface area contributed by atoms with Crippen LogP contribution in [0.25, 0.3) is 5.69 Å². The second-order valence-corrected chi connectivity index (χ2v) is 9.90. The van der Waals surface area contributed by atoms with E-state index in [1.54, 1.807) is 4.57 Å². The molecule has 174 valence electrons. The van der Waals surface area contributed by atoms with Crippen LogP contribution in [0.3, 0.4) is 0 Å². The first-order valence-corrected chi connectivity index (χ1v) is 12.6. The molecule has 0 bridgehead atoms. The molecule has 1 amide bonds. The van der Waals surface area contributed by atoms with Gasteiger partial charge in [-0.05, 0) is 68.9 Å². The first kappa shape index (κ1) is 22.8. The minimum absolute atomic E-state index is 0.184. The Bertz CT molecular complexity index is 947. The first-order chi connectivity index (χ1) is 15.6. The predicted octanol–water partition coefficient (Wildman–Crippen LogP) is 4.65. The van der Waals surface area contributed by atoms with Gasteiger partial charge < -0.3 is 4.90 Å². The molecule has 0 unspecified atom stereocenters. The largest absolute Gasteiger partial charge is 0.347 e. The monoisotopic (exact) mass is 438 g/mol. The van der Waals surface area contributed by atoms with Crippen LogP contribution >= 0.6 is 0 Å². The van der Waals surface area contributed by atoms with Crippen molar-refractivity contribution in [2.24, 2.45) is 17.8 Å². The summed E-state index contributed by atoms with van der Waals surface area (Å²) >= 11 is 0. The van der Waals surface area contributed by atoms with Gasteiger partial charge in [-0.2, -0.15) is 5.10 Å². The third kappa shape index (κ3) is 5.16. The number of hydrogen-bond donors (Lipinski definition) is 1. The van der Waals surface area contributed by atoms with Crippen molar-refractivity contribution in [2.75, 3.05) is 13.1 Å². The van der Waals surface area contributed by atoms with Gasteiger partial charge in [0, 0.05) is 25.4 Å². The van der Waals surface area contributed by atoms with Crippen molar-refractivity contribution < 1.29 is 4.79 Å². The van der Waals surface area contributed by atoms with Gasteiger partial charge in [-0.1, -0.05) is 44.4 Å². The SMILES string of the molecule is CCCCC1CCC(C(=O)N2CCC(Cc3n[nH]c(=O)n3-c3ccccc3C)CC2)CC1. The molecule has 4 rings (SSSR count). The number of aromatic amines is 1. The maximum Gasteiger partial charge on any atom is 0.347 e. The molecule has 1 aromatic carbocycles. The minimum atomic E-state index is -0.184. The summed E-state index contributed by atoms with van der Waals surface area (Å²) in [6, 6.07) is 7.91. The van der Waals surface area contributed by atoms with Gasteiger partial charge in [0.05, 0.1) is 5.69 Å². The van der Waals surface area contributed by atoms with Crippen LogP contribution in [0.15, 0.2) is 29.1 Å². The quantitative estimate of drug-likeness (QED) is 0.684. The molecule has 1 aliphatic heterocycles. The molecule has 32 heavy (non-hydrogen) atoms. The number of aryl methyl sites for hydroxylation is 1. The second kappa shape index (κ2) is 10.5. The summed E-state index contributed by atoms with van der Waals surface area (Å²) in [4.78, 5) is 27.6. The van der Waals surface area contributed by atoms with Gasteiger partial charge in [-0.3, -0.25) is 4.79 Å². The van der Waals surface area contributed by atoms with E-state index in [9.17, 15) is 9.59 Å². The Hall–Kier alpha value is -2.37. The molecule has 1 aliphatic carbocycles. The van der Waals surface area contributed by atoms with E-state index in [2.05, 4.69) is 22.0 Å². The zero-order valence-electron chi connectivity index (χ0n) is 19.7. The fourth-order valence-corrected chi connectivity index (χ4v) is 5.59. The molecule has 1 N–H and O–H groups in total. The zero-order valence-corrected chi connectivity index (χ0v) is 19.7. The Balaban J connectivity index is 1.30. The zero-order chi connectivity index (χ0) is 22.5. The van der Waals surface area contributed by atoms with Crippen molar-refractivity contribution >= 4 is 5.91 Å². The molecule has 0 spiro atoms. The molecule has 1 saturated carbocycles. The molecule has 2 heterocycles. The summed E-state index contributed by atoms with van der Waals surface area (Å²) in [5.41, 5.74) is 1.77. The number of nitrogens with one attached hydrogen (secondary N) is 1. The summed E-state index contributed by atoms with van der Waals surface area (Å²) in [6.45, 7) is 5.93. The molecule has 2 aliphatic rings. The first-order valence-electron chi connectivity index (χ1n) is 12.6. The fraction of sp³-hybridized carbons (Fsp3) is 0.654. The Morgan fingerprint density at radius 3 is 2.47 bits per heavy atom. The number of unbranched alkanes of at least 4 members (excludes halogenated alkanes) is 1. The normalized spacial score (nSPS) is 22.2. The van der Waals surface area contributed by atoms with Crippen molar-refractivity contribution in [3.05, 3.63) is 46.1 Å². The molecule has 1 aromatic heterocycles. The number of hydrogen-bond acceptors (Lipinski definition) is 3. The van der Waals surface area contributed by atoms with Crippen LogP contribution in [-0.4, -0.2) is 38.7 Å². The Labute approximate surface area is 191 Å². The Morgan fingerprint density at radius 1 is 1.06 bits per heavy atom. The number of nitrogens with zero attached hydrogens (tertiary/aromatic N) is 3. The molecule has 0 radical (unpaired) electrons. The molecule has 6 heteroatoms. The number of H-pyrrole nitrogens is 1. The topological polar surface area (TPSA) is 71.0 Å². The lowest BCUT2D eigenvalue weighted by molar-refractivity contribution is -0.138. The lowest BCUT2D eigenvalue weighted by Crippen LogP contribution is -2.43. The smallest absolute Gasteiger partial charge is 0.342 e. The summed E-state index contributed by atoms with van der Waals surface area (Å²) in [6.07, 6.45) is 11.2. The van der Waals surface area contributed by atoms with E-state index in [1.807, 2.05) is 31.2 Å². The van der Waals surface area contributed by atoms with Crippen molar-refractivity contribution in [2.45, 2.75) is 78.1 Å². The molecular formula is C26H38N4O2. The number of amides is 1. The number of para-hydroxylation sites is 1. The molecule has 2 aromatic rings. The van der Waals surface area contributed by atoms with Gasteiger partial charge in [0.1, 0.15) is 5.82 Å². The van der Waals surface area contributed by atoms with E-state index in [1.165, 1.54) is 32.1 Å². The van der Waals surface area contributed by atoms with E-state index in [0.717, 1.165) is 68.2 Å². The predicted molar refractivity (Wildman–Crippen MR) is 127 cm³/mol. The van der Waals surface area contributed by atoms with Crippen molar-refractivity contribution in [3.63, 3.8) is 0 Å². The van der Waals surface area contributed by atoms with E-state index in [-0.39, 0.29) is 11.6 Å². The molecule has 0 atom stereocenters. The summed E-state index contributed by atoms with van der Waals surface area (Å²) < 4.78 is 1.71. The van der Waals surface area contributed by atoms with Gasteiger partial charge in [0.25, 0.3) is 0 Å². The van der Waals surface area contributed by atoms with E-state index < -0.39 is 0 Å². The molecule has 2 fully saturated rings. The number of carbonyl (C=O) groups excluding carboxylic acids is 1. The summed E-state index contributed by atoms with van der Waals surface area (Å²) in [5.74, 6) is 2.70. The highest BCUT2D eigenvalue weighted by Crippen LogP contribution is 2.34. The lowest BCUT2D eigenvalue weighted by Gasteiger charge is -2.36. The molecular weight excluding hydrogens is 400 g/mol. The number of carbonyl (C=O) groups is 1. The summed E-state index contributed by atoms with van der Waals surface area (Å²) in [7, 11) is 0. The standard InChI is InChI=1S/C26H38N4O2/c1-3-4-8-20-10-12-22(13-11-20)25(31)29-16-14-21(15-17-29)18-24-27-28-26(32)30(24)23-9-6-5-7-19(23)2/h5-7,9,20-22H,3-4,8,10-18H2,1-2H3,(H,28,32). The van der Waals surface area contributed by atoms with E-state index in [0.29, 0.717) is 11.8 Å². The van der Waals surface area contributed by atoms with Crippen LogP contribution in [0, 0.1) is 24.7 Å². The van der Waals surface area contributed by atoms with Crippen LogP contribution in [0.2, 0.25) is 0 Å². The van der Waals surface area contributed by atoms with Gasteiger partial charge >= 0.3 is 5.69 Å². The Morgan fingerprint density at radius 2 is 1.78 bits per heavy atom. The maximum atomic E-state index is 13.1. The van der Waals surface area contributed by atoms with Gasteiger partial charge in [0.2, 0.25) is 5.91 Å². The highest BCUT2D eigenvalue weighted by Gasteiger charge is 2.31. The minimum Gasteiger partial charge on any atom is -0.342 e. The fourth-order valence-electron chi connectivity index (χ4n) is 5.59. The third-order valence-corrected chi connectivity index (χ3v) is 7.66. The number of rotatable bonds is 7. The average Bonchev–Trinajstić information content (AvgIpc) is 3.18. The average molecular weight is 439 g/mol. The van der Waals surface area contributed by atoms with Gasteiger partial charge in [-0.15, -0.1) is 0 Å². The van der Waals surface area contributed by atoms with E-state index in [4.69, 9.17) is 0 Å². The molecule has 1 saturated heterocycles. The molecule has 6 nitrogen and oxygen atoms in total. The van der Waals surface area contributed by atoms with Gasteiger partial charge in [-0.25, -0.2) is 14.5 Å². The highest BCUT2D eigenvalue weighted by molar-refractivity contribution is 5.79. The van der Waals surface area contributed by atoms with Crippen LogP contribution in [-0.2, 0) is 11.2 Å².